The van der Waals surface area contributed by atoms with Gasteiger partial charge >= 0.3 is 0 Å². The Morgan fingerprint density at radius 2 is 1.43 bits per heavy atom. The van der Waals surface area contributed by atoms with Gasteiger partial charge < -0.3 is 5.73 Å². The predicted octanol–water partition coefficient (Wildman–Crippen LogP) is 5.20. The van der Waals surface area contributed by atoms with E-state index < -0.39 is 0 Å². The van der Waals surface area contributed by atoms with Crippen LogP contribution in [-0.2, 0) is 6.42 Å². The van der Waals surface area contributed by atoms with Crippen molar-refractivity contribution in [3.63, 3.8) is 0 Å². The minimum absolute atomic E-state index is 0.808. The zero-order valence-electron chi connectivity index (χ0n) is 13.2. The van der Waals surface area contributed by atoms with E-state index in [0.717, 1.165) is 17.7 Å². The van der Waals surface area contributed by atoms with Gasteiger partial charge in [-0.05, 0) is 30.5 Å². The van der Waals surface area contributed by atoms with Crippen molar-refractivity contribution >= 4 is 5.70 Å². The molecule has 0 amide bonds. The van der Waals surface area contributed by atoms with Crippen molar-refractivity contribution in [1.82, 2.24) is 0 Å². The molecule has 0 heterocycles. The zero-order chi connectivity index (χ0) is 15.5. The molecule has 0 aliphatic rings. The van der Waals surface area contributed by atoms with Crippen molar-refractivity contribution in [3.05, 3.63) is 89.5 Å². The molecular weight excluding hydrogens is 254 g/mol. The van der Waals surface area contributed by atoms with Crippen molar-refractivity contribution < 1.29 is 0 Å². The number of benzene rings is 2. The Balaban J connectivity index is 0.00000106. The molecule has 0 fully saturated rings. The van der Waals surface area contributed by atoms with Crippen molar-refractivity contribution in [1.29, 1.82) is 0 Å². The molecule has 0 unspecified atom stereocenters. The van der Waals surface area contributed by atoms with Gasteiger partial charge in [0.15, 0.2) is 0 Å². The van der Waals surface area contributed by atoms with Crippen LogP contribution in [0.3, 0.4) is 0 Å². The van der Waals surface area contributed by atoms with Crippen LogP contribution in [0.15, 0.2) is 78.4 Å². The van der Waals surface area contributed by atoms with Crippen LogP contribution in [0.5, 0.6) is 0 Å². The molecule has 2 aromatic carbocycles. The Labute approximate surface area is 128 Å². The third-order valence-electron chi connectivity index (χ3n) is 2.99. The fraction of sp³-hybridized carbons (Fsp3) is 0.200. The molecule has 21 heavy (non-hydrogen) atoms. The second-order valence-corrected chi connectivity index (χ2v) is 4.60. The van der Waals surface area contributed by atoms with Gasteiger partial charge in [0.25, 0.3) is 0 Å². The highest BCUT2D eigenvalue weighted by atomic mass is 14.6. The first-order chi connectivity index (χ1) is 10.3. The maximum absolute atomic E-state index is 6.09. The molecule has 0 saturated heterocycles. The molecule has 0 radical (unpaired) electrons. The molecule has 2 rings (SSSR count). The highest BCUT2D eigenvalue weighted by molar-refractivity contribution is 5.65. The molecule has 1 nitrogen and oxygen atoms in total. The summed E-state index contributed by atoms with van der Waals surface area (Å²) < 4.78 is 0. The molecule has 0 atom stereocenters. The minimum atomic E-state index is 0.808. The first kappa shape index (κ1) is 16.8. The lowest BCUT2D eigenvalue weighted by Gasteiger charge is -2.02. The minimum Gasteiger partial charge on any atom is -0.398 e. The molecule has 1 heteroatoms. The van der Waals surface area contributed by atoms with Gasteiger partial charge in [0, 0.05) is 5.70 Å². The largest absolute Gasteiger partial charge is 0.398 e. The maximum Gasteiger partial charge on any atom is 0.0390 e. The van der Waals surface area contributed by atoms with Gasteiger partial charge in [0.2, 0.25) is 0 Å². The van der Waals surface area contributed by atoms with Crippen LogP contribution in [0.2, 0.25) is 0 Å². The van der Waals surface area contributed by atoms with E-state index in [0.29, 0.717) is 0 Å². The van der Waals surface area contributed by atoms with E-state index in [1.807, 2.05) is 56.3 Å². The number of rotatable bonds is 4. The van der Waals surface area contributed by atoms with Crippen LogP contribution >= 0.6 is 0 Å². The Morgan fingerprint density at radius 3 is 2.00 bits per heavy atom. The second-order valence-electron chi connectivity index (χ2n) is 4.60. The summed E-state index contributed by atoms with van der Waals surface area (Å²) in [5.41, 5.74) is 10.5. The van der Waals surface area contributed by atoms with E-state index in [2.05, 4.69) is 37.3 Å². The molecule has 0 aliphatic heterocycles. The van der Waals surface area contributed by atoms with E-state index in [1.165, 1.54) is 11.1 Å². The van der Waals surface area contributed by atoms with Gasteiger partial charge in [0.05, 0.1) is 0 Å². The average molecular weight is 279 g/mol. The summed E-state index contributed by atoms with van der Waals surface area (Å²) in [6.07, 6.45) is 5.16. The van der Waals surface area contributed by atoms with Crippen LogP contribution in [0, 0.1) is 0 Å². The lowest BCUT2D eigenvalue weighted by molar-refractivity contribution is 1.24. The SMILES string of the molecule is CC.CC(=C/Cc1ccccc1)/C=C(\N)c1ccccc1. The number of hydrogen-bond donors (Lipinski definition) is 1. The van der Waals surface area contributed by atoms with Gasteiger partial charge in [0.1, 0.15) is 0 Å². The lowest BCUT2D eigenvalue weighted by Crippen LogP contribution is -1.96. The van der Waals surface area contributed by atoms with Crippen LogP contribution in [0.1, 0.15) is 31.9 Å². The summed E-state index contributed by atoms with van der Waals surface area (Å²) >= 11 is 0. The predicted molar refractivity (Wildman–Crippen MR) is 93.9 cm³/mol. The zero-order valence-corrected chi connectivity index (χ0v) is 13.2. The fourth-order valence-corrected chi connectivity index (χ4v) is 1.91. The monoisotopic (exact) mass is 279 g/mol. The molecular formula is C20H25N. The molecule has 2 N–H and O–H groups in total. The Morgan fingerprint density at radius 1 is 0.905 bits per heavy atom. The van der Waals surface area contributed by atoms with E-state index in [9.17, 15) is 0 Å². The second kappa shape index (κ2) is 9.60. The Hall–Kier alpha value is -2.28. The van der Waals surface area contributed by atoms with E-state index in [-0.39, 0.29) is 0 Å². The highest BCUT2D eigenvalue weighted by Gasteiger charge is 1.95. The van der Waals surface area contributed by atoms with E-state index in [1.54, 1.807) is 0 Å². The van der Waals surface area contributed by atoms with Gasteiger partial charge in [-0.1, -0.05) is 86.2 Å². The molecule has 2 aromatic rings. The summed E-state index contributed by atoms with van der Waals surface area (Å²) in [7, 11) is 0. The smallest absolute Gasteiger partial charge is 0.0390 e. The molecule has 0 spiro atoms. The Kier molecular flexibility index (Phi) is 7.67. The van der Waals surface area contributed by atoms with Gasteiger partial charge in [-0.3, -0.25) is 0 Å². The summed E-state index contributed by atoms with van der Waals surface area (Å²) in [5.74, 6) is 0. The number of hydrogen-bond acceptors (Lipinski definition) is 1. The number of nitrogens with two attached hydrogens (primary N) is 1. The Bertz CT molecular complexity index is 565. The molecule has 110 valence electrons. The third-order valence-corrected chi connectivity index (χ3v) is 2.99. The van der Waals surface area contributed by atoms with Gasteiger partial charge in [-0.15, -0.1) is 0 Å². The first-order valence-corrected chi connectivity index (χ1v) is 7.49. The molecule has 0 saturated carbocycles. The van der Waals surface area contributed by atoms with Crippen LogP contribution in [0.25, 0.3) is 5.70 Å². The standard InChI is InChI=1S/C18H19N.C2H6/c1-15(12-13-16-8-4-2-5-9-16)14-18(19)17-10-6-3-7-11-17;1-2/h2-12,14H,13,19H2,1H3;1-2H3/b15-12-,18-14-;. The van der Waals surface area contributed by atoms with Crippen molar-refractivity contribution in [2.24, 2.45) is 5.73 Å². The summed E-state index contributed by atoms with van der Waals surface area (Å²) in [5, 5.41) is 0. The van der Waals surface area contributed by atoms with Crippen LogP contribution < -0.4 is 5.73 Å². The quantitative estimate of drug-likeness (QED) is 0.765. The van der Waals surface area contributed by atoms with Crippen molar-refractivity contribution in [3.8, 4) is 0 Å². The maximum atomic E-state index is 6.09. The van der Waals surface area contributed by atoms with Crippen molar-refractivity contribution in [2.75, 3.05) is 0 Å². The average Bonchev–Trinajstić information content (AvgIpc) is 2.56. The van der Waals surface area contributed by atoms with E-state index in [4.69, 9.17) is 5.73 Å². The van der Waals surface area contributed by atoms with Crippen LogP contribution in [-0.4, -0.2) is 0 Å². The fourth-order valence-electron chi connectivity index (χ4n) is 1.91. The van der Waals surface area contributed by atoms with E-state index >= 15 is 0 Å². The molecule has 0 aliphatic carbocycles. The number of allylic oxidation sites excluding steroid dienone is 3. The molecule has 0 bridgehead atoms. The normalized spacial score (nSPS) is 11.6. The molecule has 0 aromatic heterocycles. The van der Waals surface area contributed by atoms with Crippen LogP contribution in [0.4, 0.5) is 0 Å². The van der Waals surface area contributed by atoms with Gasteiger partial charge in [-0.25, -0.2) is 0 Å². The third kappa shape index (κ3) is 6.13. The topological polar surface area (TPSA) is 26.0 Å². The van der Waals surface area contributed by atoms with Crippen molar-refractivity contribution in [2.45, 2.75) is 27.2 Å². The first-order valence-electron chi connectivity index (χ1n) is 7.49. The summed E-state index contributed by atoms with van der Waals surface area (Å²) in [6.45, 7) is 6.08. The summed E-state index contributed by atoms with van der Waals surface area (Å²) in [4.78, 5) is 0. The van der Waals surface area contributed by atoms with Gasteiger partial charge in [-0.2, -0.15) is 0 Å². The highest BCUT2D eigenvalue weighted by Crippen LogP contribution is 2.11. The lowest BCUT2D eigenvalue weighted by atomic mass is 10.1. The summed E-state index contributed by atoms with van der Waals surface area (Å²) in [6, 6.07) is 20.5.